The number of nitrogens with zero attached hydrogens (tertiary/aromatic N) is 2. The van der Waals surface area contributed by atoms with Crippen molar-refractivity contribution >= 4 is 27.6 Å². The standard InChI is InChI=1S/C18H26BrN3O4/c1-18(2,3)25-17(23)11-22(4)7-8-24-12-14-9-16(21-26-14)15-6-5-13(19)10-20-15/h5-6,9-10,14,21H,7-8,11-12H2,1-4H3/t14-/m0/s1. The van der Waals surface area contributed by atoms with Crippen LogP contribution in [0.2, 0.25) is 0 Å². The minimum absolute atomic E-state index is 0.174. The van der Waals surface area contributed by atoms with Crippen LogP contribution in [-0.4, -0.2) is 60.9 Å². The molecule has 1 aromatic rings. The second-order valence-corrected chi connectivity index (χ2v) is 8.02. The normalized spacial score (nSPS) is 17.2. The number of carbonyl (C=O) groups excluding carboxylic acids is 1. The molecule has 0 aliphatic carbocycles. The number of pyridine rings is 1. The molecule has 0 saturated heterocycles. The summed E-state index contributed by atoms with van der Waals surface area (Å²) >= 11 is 3.36. The molecule has 2 rings (SSSR count). The number of halogens is 1. The molecule has 0 aromatic carbocycles. The minimum atomic E-state index is -0.463. The van der Waals surface area contributed by atoms with E-state index in [0.717, 1.165) is 15.9 Å². The maximum atomic E-state index is 11.8. The van der Waals surface area contributed by atoms with E-state index >= 15 is 0 Å². The van der Waals surface area contributed by atoms with Crippen molar-refractivity contribution in [3.63, 3.8) is 0 Å². The first-order chi connectivity index (χ1) is 12.2. The van der Waals surface area contributed by atoms with Gasteiger partial charge in [0.15, 0.2) is 0 Å². The van der Waals surface area contributed by atoms with Gasteiger partial charge in [-0.2, -0.15) is 0 Å². The number of ether oxygens (including phenoxy) is 2. The number of aromatic nitrogens is 1. The fraction of sp³-hybridized carbons (Fsp3) is 0.556. The van der Waals surface area contributed by atoms with E-state index < -0.39 is 5.60 Å². The quantitative estimate of drug-likeness (QED) is 0.504. The van der Waals surface area contributed by atoms with E-state index in [-0.39, 0.29) is 18.6 Å². The lowest BCUT2D eigenvalue weighted by molar-refractivity contribution is -0.155. The lowest BCUT2D eigenvalue weighted by Crippen LogP contribution is -2.34. The van der Waals surface area contributed by atoms with Crippen molar-refractivity contribution in [2.75, 3.05) is 33.4 Å². The van der Waals surface area contributed by atoms with E-state index in [1.54, 1.807) is 6.20 Å². The maximum absolute atomic E-state index is 11.8. The predicted molar refractivity (Wildman–Crippen MR) is 102 cm³/mol. The lowest BCUT2D eigenvalue weighted by Gasteiger charge is -2.22. The summed E-state index contributed by atoms with van der Waals surface area (Å²) in [7, 11) is 1.86. The molecule has 1 atom stereocenters. The fourth-order valence-electron chi connectivity index (χ4n) is 2.24. The summed E-state index contributed by atoms with van der Waals surface area (Å²) in [4.78, 5) is 23.4. The molecule has 0 unspecified atom stereocenters. The number of hydroxylamine groups is 1. The average Bonchev–Trinajstić information content (AvgIpc) is 2.99. The third-order valence-electron chi connectivity index (χ3n) is 3.39. The number of carbonyl (C=O) groups is 1. The zero-order valence-electron chi connectivity index (χ0n) is 15.6. The van der Waals surface area contributed by atoms with Gasteiger partial charge in [-0.1, -0.05) is 0 Å². The molecular weight excluding hydrogens is 402 g/mol. The van der Waals surface area contributed by atoms with Gasteiger partial charge in [-0.25, -0.2) is 0 Å². The van der Waals surface area contributed by atoms with Crippen molar-refractivity contribution in [1.29, 1.82) is 0 Å². The molecule has 1 aromatic heterocycles. The second kappa shape index (κ2) is 9.45. The van der Waals surface area contributed by atoms with Crippen molar-refractivity contribution < 1.29 is 19.1 Å². The molecule has 7 nitrogen and oxygen atoms in total. The highest BCUT2D eigenvalue weighted by Crippen LogP contribution is 2.18. The average molecular weight is 428 g/mol. The van der Waals surface area contributed by atoms with E-state index in [0.29, 0.717) is 19.8 Å². The zero-order chi connectivity index (χ0) is 19.2. The molecule has 8 heteroatoms. The number of nitrogens with one attached hydrogen (secondary N) is 1. The molecule has 0 amide bonds. The molecule has 0 saturated carbocycles. The fourth-order valence-corrected chi connectivity index (χ4v) is 2.48. The van der Waals surface area contributed by atoms with Crippen LogP contribution in [0, 0.1) is 0 Å². The number of esters is 1. The van der Waals surface area contributed by atoms with Gasteiger partial charge in [0.25, 0.3) is 0 Å². The van der Waals surface area contributed by atoms with Crippen LogP contribution in [0.4, 0.5) is 0 Å². The number of hydrogen-bond acceptors (Lipinski definition) is 7. The molecule has 0 radical (unpaired) electrons. The van der Waals surface area contributed by atoms with Crippen molar-refractivity contribution in [3.05, 3.63) is 34.6 Å². The molecule has 1 aliphatic heterocycles. The van der Waals surface area contributed by atoms with Crippen LogP contribution in [0.1, 0.15) is 26.5 Å². The Morgan fingerprint density at radius 2 is 2.19 bits per heavy atom. The highest BCUT2D eigenvalue weighted by molar-refractivity contribution is 9.10. The Balaban J connectivity index is 1.65. The van der Waals surface area contributed by atoms with E-state index in [1.807, 2.05) is 50.9 Å². The third kappa shape index (κ3) is 7.41. The van der Waals surface area contributed by atoms with Gasteiger partial charge >= 0.3 is 5.97 Å². The SMILES string of the molecule is CN(CCOC[C@@H]1C=C(c2ccc(Br)cn2)NO1)CC(=O)OC(C)(C)C. The maximum Gasteiger partial charge on any atom is 0.320 e. The summed E-state index contributed by atoms with van der Waals surface area (Å²) in [5, 5.41) is 0. The van der Waals surface area contributed by atoms with Crippen molar-refractivity contribution in [1.82, 2.24) is 15.4 Å². The zero-order valence-corrected chi connectivity index (χ0v) is 17.2. The molecule has 144 valence electrons. The smallest absolute Gasteiger partial charge is 0.320 e. The lowest BCUT2D eigenvalue weighted by atomic mass is 10.2. The van der Waals surface area contributed by atoms with Gasteiger partial charge in [0.05, 0.1) is 31.1 Å². The predicted octanol–water partition coefficient (Wildman–Crippen LogP) is 2.38. The first-order valence-electron chi connectivity index (χ1n) is 8.46. The van der Waals surface area contributed by atoms with E-state index in [9.17, 15) is 4.79 Å². The van der Waals surface area contributed by atoms with E-state index in [4.69, 9.17) is 14.3 Å². The van der Waals surface area contributed by atoms with Crippen LogP contribution in [0.15, 0.2) is 28.9 Å². The van der Waals surface area contributed by atoms with E-state index in [1.165, 1.54) is 0 Å². The topological polar surface area (TPSA) is 72.9 Å². The highest BCUT2D eigenvalue weighted by atomic mass is 79.9. The monoisotopic (exact) mass is 427 g/mol. The Morgan fingerprint density at radius 3 is 2.85 bits per heavy atom. The van der Waals surface area contributed by atoms with Crippen LogP contribution >= 0.6 is 15.9 Å². The van der Waals surface area contributed by atoms with Crippen LogP contribution in [0.5, 0.6) is 0 Å². The number of hydrogen-bond donors (Lipinski definition) is 1. The highest BCUT2D eigenvalue weighted by Gasteiger charge is 2.19. The molecule has 0 bridgehead atoms. The Hall–Kier alpha value is -1.48. The first-order valence-corrected chi connectivity index (χ1v) is 9.26. The number of likely N-dealkylation sites (N-methyl/N-ethyl adjacent to an activating group) is 1. The Morgan fingerprint density at radius 1 is 1.42 bits per heavy atom. The summed E-state index contributed by atoms with van der Waals surface area (Å²) in [6.07, 6.45) is 3.51. The van der Waals surface area contributed by atoms with E-state index in [2.05, 4.69) is 26.4 Å². The molecular formula is C18H26BrN3O4. The van der Waals surface area contributed by atoms with Gasteiger partial charge in [0.2, 0.25) is 0 Å². The summed E-state index contributed by atoms with van der Waals surface area (Å²) in [6.45, 7) is 7.36. The second-order valence-electron chi connectivity index (χ2n) is 7.10. The largest absolute Gasteiger partial charge is 0.459 e. The molecule has 2 heterocycles. The molecule has 1 aliphatic rings. The van der Waals surface area contributed by atoms with Crippen molar-refractivity contribution in [2.45, 2.75) is 32.5 Å². The molecule has 1 N–H and O–H groups in total. The Kier molecular flexibility index (Phi) is 7.57. The van der Waals surface area contributed by atoms with Crippen LogP contribution in [0.3, 0.4) is 0 Å². The summed E-state index contributed by atoms with van der Waals surface area (Å²) in [5.41, 5.74) is 4.05. The van der Waals surface area contributed by atoms with Crippen molar-refractivity contribution in [2.24, 2.45) is 0 Å². The van der Waals surface area contributed by atoms with Gasteiger partial charge in [0, 0.05) is 17.2 Å². The van der Waals surface area contributed by atoms with Crippen LogP contribution < -0.4 is 5.48 Å². The number of rotatable bonds is 8. The van der Waals surface area contributed by atoms with Gasteiger partial charge in [-0.3, -0.25) is 25.0 Å². The Labute approximate surface area is 162 Å². The van der Waals surface area contributed by atoms with Crippen LogP contribution in [-0.2, 0) is 19.1 Å². The minimum Gasteiger partial charge on any atom is -0.459 e. The summed E-state index contributed by atoms with van der Waals surface area (Å²) in [6, 6.07) is 3.83. The third-order valence-corrected chi connectivity index (χ3v) is 3.86. The molecule has 26 heavy (non-hydrogen) atoms. The van der Waals surface area contributed by atoms with Gasteiger partial charge in [-0.15, -0.1) is 0 Å². The van der Waals surface area contributed by atoms with Gasteiger partial charge in [-0.05, 0) is 62.0 Å². The van der Waals surface area contributed by atoms with Crippen molar-refractivity contribution in [3.8, 4) is 0 Å². The Bertz CT molecular complexity index is 628. The van der Waals surface area contributed by atoms with Gasteiger partial charge in [0.1, 0.15) is 11.7 Å². The summed E-state index contributed by atoms with van der Waals surface area (Å²) < 4.78 is 11.9. The van der Waals surface area contributed by atoms with Gasteiger partial charge < -0.3 is 9.47 Å². The molecule has 0 fully saturated rings. The molecule has 0 spiro atoms. The summed E-state index contributed by atoms with van der Waals surface area (Å²) in [5.74, 6) is -0.238. The first kappa shape index (κ1) is 20.8. The van der Waals surface area contributed by atoms with Crippen LogP contribution in [0.25, 0.3) is 5.70 Å².